The van der Waals surface area contributed by atoms with Crippen LogP contribution in [0.5, 0.6) is 5.75 Å². The summed E-state index contributed by atoms with van der Waals surface area (Å²) in [5, 5.41) is 0.682. The van der Waals surface area contributed by atoms with Crippen molar-refractivity contribution in [1.82, 2.24) is 4.90 Å². The molecule has 150 valence electrons. The van der Waals surface area contributed by atoms with Crippen LogP contribution in [0.25, 0.3) is 17.2 Å². The van der Waals surface area contributed by atoms with Gasteiger partial charge < -0.3 is 4.74 Å². The summed E-state index contributed by atoms with van der Waals surface area (Å²) < 4.78 is 5.23. The second-order valence-corrected chi connectivity index (χ2v) is 8.07. The number of carbonyl (C=O) groups excluding carboxylic acids is 1. The molecule has 0 saturated carbocycles. The Morgan fingerprint density at radius 2 is 1.70 bits per heavy atom. The topological polar surface area (TPSA) is 41.9 Å². The molecule has 0 radical (unpaired) electrons. The third-order valence-electron chi connectivity index (χ3n) is 4.87. The minimum atomic E-state index is -0.0410. The summed E-state index contributed by atoms with van der Waals surface area (Å²) in [6.45, 7) is 2.04. The molecule has 0 aromatic heterocycles. The molecule has 0 N–H and O–H groups in total. The number of rotatable bonds is 4. The fourth-order valence-electron chi connectivity index (χ4n) is 3.12. The highest BCUT2D eigenvalue weighted by Crippen LogP contribution is 2.34. The van der Waals surface area contributed by atoms with Crippen molar-refractivity contribution in [2.75, 3.05) is 14.2 Å². The Kier molecular flexibility index (Phi) is 5.72. The first-order valence-corrected chi connectivity index (χ1v) is 10.4. The Hall–Kier alpha value is -3.31. The largest absolute Gasteiger partial charge is 0.497 e. The maximum Gasteiger partial charge on any atom is 0.266 e. The maximum absolute atomic E-state index is 12.7. The van der Waals surface area contributed by atoms with Gasteiger partial charge in [0.25, 0.3) is 5.91 Å². The number of aryl methyl sites for hydroxylation is 1. The van der Waals surface area contributed by atoms with E-state index < -0.39 is 0 Å². The van der Waals surface area contributed by atoms with E-state index in [-0.39, 0.29) is 5.91 Å². The smallest absolute Gasteiger partial charge is 0.266 e. The van der Waals surface area contributed by atoms with Crippen LogP contribution < -0.4 is 4.74 Å². The van der Waals surface area contributed by atoms with E-state index >= 15 is 0 Å². The average Bonchev–Trinajstić information content (AvgIpc) is 3.03. The van der Waals surface area contributed by atoms with Gasteiger partial charge in [0.15, 0.2) is 5.17 Å². The van der Waals surface area contributed by atoms with Crippen LogP contribution in [-0.4, -0.2) is 30.1 Å². The summed E-state index contributed by atoms with van der Waals surface area (Å²) in [5.74, 6) is 0.786. The molecule has 0 aliphatic carbocycles. The molecule has 1 heterocycles. The number of thioether (sulfide) groups is 1. The van der Waals surface area contributed by atoms with Gasteiger partial charge in [-0.2, -0.15) is 0 Å². The minimum absolute atomic E-state index is 0.0410. The van der Waals surface area contributed by atoms with E-state index in [9.17, 15) is 4.79 Å². The lowest BCUT2D eigenvalue weighted by atomic mass is 10.0. The van der Waals surface area contributed by atoms with E-state index in [2.05, 4.69) is 17.1 Å². The first-order chi connectivity index (χ1) is 14.5. The second kappa shape index (κ2) is 8.59. The van der Waals surface area contributed by atoms with Gasteiger partial charge in [-0.15, -0.1) is 0 Å². The SMILES string of the molecule is COc1ccc(-c2cccc(C=C3SC(=Nc4ccc(C)cc4)N(C)C3=O)c2)cc1. The summed E-state index contributed by atoms with van der Waals surface area (Å²) in [7, 11) is 3.42. The Balaban J connectivity index is 1.60. The van der Waals surface area contributed by atoms with Crippen molar-refractivity contribution in [1.29, 1.82) is 0 Å². The lowest BCUT2D eigenvalue weighted by Crippen LogP contribution is -2.23. The Morgan fingerprint density at radius 1 is 0.967 bits per heavy atom. The highest BCUT2D eigenvalue weighted by atomic mass is 32.2. The fraction of sp³-hybridized carbons (Fsp3) is 0.120. The van der Waals surface area contributed by atoms with Crippen molar-refractivity contribution in [3.63, 3.8) is 0 Å². The molecule has 5 heteroatoms. The molecular weight excluding hydrogens is 392 g/mol. The van der Waals surface area contributed by atoms with Gasteiger partial charge in [0, 0.05) is 7.05 Å². The Morgan fingerprint density at radius 3 is 2.40 bits per heavy atom. The molecule has 1 amide bonds. The summed E-state index contributed by atoms with van der Waals surface area (Å²) in [4.78, 5) is 19.6. The van der Waals surface area contributed by atoms with Crippen LogP contribution >= 0.6 is 11.8 Å². The molecule has 4 nitrogen and oxygen atoms in total. The number of amidine groups is 1. The van der Waals surface area contributed by atoms with E-state index in [1.165, 1.54) is 17.3 Å². The fourth-order valence-corrected chi connectivity index (χ4v) is 4.11. The number of aliphatic imine (C=N–C) groups is 1. The van der Waals surface area contributed by atoms with Crippen LogP contribution in [-0.2, 0) is 4.79 Å². The molecule has 1 aliphatic heterocycles. The predicted molar refractivity (Wildman–Crippen MR) is 125 cm³/mol. The summed E-state index contributed by atoms with van der Waals surface area (Å²) in [5.41, 5.74) is 5.18. The molecule has 3 aromatic rings. The Labute approximate surface area is 180 Å². The number of amides is 1. The molecule has 0 spiro atoms. The molecule has 0 bridgehead atoms. The lowest BCUT2D eigenvalue weighted by Gasteiger charge is -2.07. The Bertz CT molecular complexity index is 1130. The monoisotopic (exact) mass is 414 g/mol. The third-order valence-corrected chi connectivity index (χ3v) is 5.93. The quantitative estimate of drug-likeness (QED) is 0.499. The number of hydrogen-bond donors (Lipinski definition) is 0. The van der Waals surface area contributed by atoms with Crippen molar-refractivity contribution < 1.29 is 9.53 Å². The zero-order chi connectivity index (χ0) is 21.1. The number of ether oxygens (including phenoxy) is 1. The summed E-state index contributed by atoms with van der Waals surface area (Å²) in [6.07, 6.45) is 1.92. The molecular formula is C25H22N2O2S. The number of likely N-dealkylation sites (N-methyl/N-ethyl adjacent to an activating group) is 1. The van der Waals surface area contributed by atoms with Gasteiger partial charge in [-0.25, -0.2) is 4.99 Å². The van der Waals surface area contributed by atoms with Gasteiger partial charge in [0.1, 0.15) is 5.75 Å². The lowest BCUT2D eigenvalue weighted by molar-refractivity contribution is -0.121. The first kappa shape index (κ1) is 20.0. The molecule has 1 aliphatic rings. The molecule has 0 unspecified atom stereocenters. The van der Waals surface area contributed by atoms with E-state index in [0.717, 1.165) is 28.1 Å². The van der Waals surface area contributed by atoms with Crippen molar-refractivity contribution in [3.8, 4) is 16.9 Å². The van der Waals surface area contributed by atoms with Gasteiger partial charge in [0.05, 0.1) is 17.7 Å². The number of nitrogens with zero attached hydrogens (tertiary/aromatic N) is 2. The zero-order valence-electron chi connectivity index (χ0n) is 17.1. The van der Waals surface area contributed by atoms with E-state index in [0.29, 0.717) is 10.1 Å². The van der Waals surface area contributed by atoms with Gasteiger partial charge >= 0.3 is 0 Å². The number of benzene rings is 3. The predicted octanol–water partition coefficient (Wildman–Crippen LogP) is 5.90. The molecule has 1 saturated heterocycles. The first-order valence-electron chi connectivity index (χ1n) is 9.61. The van der Waals surface area contributed by atoms with Crippen LogP contribution in [0.3, 0.4) is 0 Å². The standard InChI is InChI=1S/C25H22N2O2S/c1-17-7-11-21(12-8-17)26-25-27(2)24(28)23(30-25)16-18-5-4-6-20(15-18)19-9-13-22(29-3)14-10-19/h4-16H,1-3H3. The van der Waals surface area contributed by atoms with Gasteiger partial charge in [-0.05, 0) is 71.8 Å². The second-order valence-electron chi connectivity index (χ2n) is 7.06. The number of methoxy groups -OCH3 is 1. The molecule has 0 atom stereocenters. The number of carbonyl (C=O) groups is 1. The zero-order valence-corrected chi connectivity index (χ0v) is 17.9. The highest BCUT2D eigenvalue weighted by molar-refractivity contribution is 8.18. The van der Waals surface area contributed by atoms with Gasteiger partial charge in [0.2, 0.25) is 0 Å². The molecule has 1 fully saturated rings. The normalized spacial score (nSPS) is 16.5. The van der Waals surface area contributed by atoms with Crippen LogP contribution in [0.15, 0.2) is 82.7 Å². The van der Waals surface area contributed by atoms with Crippen molar-refractivity contribution in [2.24, 2.45) is 4.99 Å². The molecule has 3 aromatic carbocycles. The summed E-state index contributed by atoms with van der Waals surface area (Å²) in [6, 6.07) is 24.0. The van der Waals surface area contributed by atoms with Crippen molar-refractivity contribution in [2.45, 2.75) is 6.92 Å². The summed E-state index contributed by atoms with van der Waals surface area (Å²) >= 11 is 1.40. The van der Waals surface area contributed by atoms with Crippen LogP contribution in [0, 0.1) is 6.92 Å². The van der Waals surface area contributed by atoms with E-state index in [1.54, 1.807) is 19.1 Å². The van der Waals surface area contributed by atoms with Gasteiger partial charge in [-0.1, -0.05) is 48.0 Å². The average molecular weight is 415 g/mol. The van der Waals surface area contributed by atoms with Gasteiger partial charge in [-0.3, -0.25) is 9.69 Å². The van der Waals surface area contributed by atoms with Crippen molar-refractivity contribution in [3.05, 3.63) is 88.8 Å². The number of hydrogen-bond acceptors (Lipinski definition) is 4. The highest BCUT2D eigenvalue weighted by Gasteiger charge is 2.30. The van der Waals surface area contributed by atoms with Crippen LogP contribution in [0.1, 0.15) is 11.1 Å². The van der Waals surface area contributed by atoms with Crippen molar-refractivity contribution >= 4 is 34.6 Å². The minimum Gasteiger partial charge on any atom is -0.497 e. The molecule has 30 heavy (non-hydrogen) atoms. The third kappa shape index (κ3) is 4.31. The van der Waals surface area contributed by atoms with Crippen LogP contribution in [0.2, 0.25) is 0 Å². The maximum atomic E-state index is 12.7. The van der Waals surface area contributed by atoms with Crippen LogP contribution in [0.4, 0.5) is 5.69 Å². The van der Waals surface area contributed by atoms with E-state index in [4.69, 9.17) is 4.74 Å². The van der Waals surface area contributed by atoms with E-state index in [1.807, 2.05) is 73.7 Å². The molecule has 4 rings (SSSR count).